The maximum Gasteiger partial charge on any atom is 0.146 e. The van der Waals surface area contributed by atoms with Crippen LogP contribution >= 0.6 is 0 Å². The molecule has 1 aromatic heterocycles. The molecule has 0 aromatic carbocycles. The van der Waals surface area contributed by atoms with E-state index < -0.39 is 0 Å². The predicted molar refractivity (Wildman–Crippen MR) is 51.7 cm³/mol. The molecule has 0 radical (unpaired) electrons. The van der Waals surface area contributed by atoms with Crippen LogP contribution in [-0.4, -0.2) is 34.0 Å². The molecule has 1 aliphatic heterocycles. The second kappa shape index (κ2) is 4.52. The van der Waals surface area contributed by atoms with Gasteiger partial charge in [-0.1, -0.05) is 0 Å². The lowest BCUT2D eigenvalue weighted by atomic mass is 10.1. The Hall–Kier alpha value is -0.940. The van der Waals surface area contributed by atoms with Crippen molar-refractivity contribution in [1.29, 1.82) is 0 Å². The fraction of sp³-hybridized carbons (Fsp3) is 0.778. The molecule has 0 aliphatic carbocycles. The zero-order valence-corrected chi connectivity index (χ0v) is 8.44. The summed E-state index contributed by atoms with van der Waals surface area (Å²) in [5, 5.41) is 11.3. The fourth-order valence-electron chi connectivity index (χ4n) is 1.60. The normalized spacial score (nSPS) is 18.6. The third-order valence-electron chi connectivity index (χ3n) is 2.58. The lowest BCUT2D eigenvalue weighted by Crippen LogP contribution is -2.34. The Morgan fingerprint density at radius 1 is 1.57 bits per heavy atom. The van der Waals surface area contributed by atoms with Gasteiger partial charge < -0.3 is 14.6 Å². The van der Waals surface area contributed by atoms with E-state index in [4.69, 9.17) is 4.74 Å². The standard InChI is InChI=1S/C9H16N4O/c1-13-7-11-12-9(13)6-10-8-2-4-14-5-3-8/h7-8,10H,2-6H2,1H3. The van der Waals surface area contributed by atoms with Gasteiger partial charge >= 0.3 is 0 Å². The quantitative estimate of drug-likeness (QED) is 0.744. The summed E-state index contributed by atoms with van der Waals surface area (Å²) in [6.07, 6.45) is 3.91. The molecule has 0 atom stereocenters. The summed E-state index contributed by atoms with van der Waals surface area (Å²) in [6, 6.07) is 0.570. The van der Waals surface area contributed by atoms with E-state index in [0.29, 0.717) is 6.04 Å². The Labute approximate surface area is 83.5 Å². The molecule has 0 saturated carbocycles. The highest BCUT2D eigenvalue weighted by Gasteiger charge is 2.13. The van der Waals surface area contributed by atoms with Crippen LogP contribution < -0.4 is 5.32 Å². The summed E-state index contributed by atoms with van der Waals surface area (Å²) in [6.45, 7) is 2.54. The van der Waals surface area contributed by atoms with Gasteiger partial charge in [0.05, 0.1) is 6.54 Å². The zero-order valence-electron chi connectivity index (χ0n) is 8.44. The van der Waals surface area contributed by atoms with Crippen molar-refractivity contribution in [3.05, 3.63) is 12.2 Å². The number of rotatable bonds is 3. The monoisotopic (exact) mass is 196 g/mol. The Bertz CT molecular complexity index is 280. The van der Waals surface area contributed by atoms with Crippen LogP contribution in [0.25, 0.3) is 0 Å². The van der Waals surface area contributed by atoms with Crippen molar-refractivity contribution in [2.75, 3.05) is 13.2 Å². The first kappa shape index (κ1) is 9.61. The lowest BCUT2D eigenvalue weighted by molar-refractivity contribution is 0.0773. The number of aryl methyl sites for hydroxylation is 1. The summed E-state index contributed by atoms with van der Waals surface area (Å²) >= 11 is 0. The molecule has 1 N–H and O–H groups in total. The van der Waals surface area contributed by atoms with E-state index in [1.54, 1.807) is 6.33 Å². The number of ether oxygens (including phenoxy) is 1. The second-order valence-electron chi connectivity index (χ2n) is 3.63. The van der Waals surface area contributed by atoms with E-state index in [0.717, 1.165) is 38.4 Å². The van der Waals surface area contributed by atoms with Crippen LogP contribution in [-0.2, 0) is 18.3 Å². The highest BCUT2D eigenvalue weighted by atomic mass is 16.5. The number of aromatic nitrogens is 3. The Morgan fingerprint density at radius 3 is 3.00 bits per heavy atom. The van der Waals surface area contributed by atoms with Gasteiger partial charge in [0.2, 0.25) is 0 Å². The molecule has 0 spiro atoms. The molecule has 1 aromatic rings. The molecule has 5 heteroatoms. The second-order valence-corrected chi connectivity index (χ2v) is 3.63. The largest absolute Gasteiger partial charge is 0.381 e. The van der Waals surface area contributed by atoms with Crippen LogP contribution in [0.3, 0.4) is 0 Å². The van der Waals surface area contributed by atoms with E-state index in [1.165, 1.54) is 0 Å². The number of hydrogen-bond donors (Lipinski definition) is 1. The molecule has 0 unspecified atom stereocenters. The van der Waals surface area contributed by atoms with Crippen LogP contribution in [0.1, 0.15) is 18.7 Å². The Kier molecular flexibility index (Phi) is 3.10. The van der Waals surface area contributed by atoms with Gasteiger partial charge in [0.1, 0.15) is 12.2 Å². The SMILES string of the molecule is Cn1cnnc1CNC1CCOCC1. The van der Waals surface area contributed by atoms with Gasteiger partial charge in [-0.15, -0.1) is 10.2 Å². The van der Waals surface area contributed by atoms with Crippen molar-refractivity contribution in [1.82, 2.24) is 20.1 Å². The molecule has 0 amide bonds. The van der Waals surface area contributed by atoms with Gasteiger partial charge in [0.25, 0.3) is 0 Å². The number of hydrogen-bond acceptors (Lipinski definition) is 4. The lowest BCUT2D eigenvalue weighted by Gasteiger charge is -2.22. The smallest absolute Gasteiger partial charge is 0.146 e. The summed E-state index contributed by atoms with van der Waals surface area (Å²) in [5.74, 6) is 0.983. The summed E-state index contributed by atoms with van der Waals surface area (Å²) < 4.78 is 7.22. The number of nitrogens with zero attached hydrogens (tertiary/aromatic N) is 3. The first-order chi connectivity index (χ1) is 6.86. The zero-order chi connectivity index (χ0) is 9.80. The average molecular weight is 196 g/mol. The third-order valence-corrected chi connectivity index (χ3v) is 2.58. The predicted octanol–water partition coefficient (Wildman–Crippen LogP) is 0.0837. The van der Waals surface area contributed by atoms with Gasteiger partial charge in [-0.25, -0.2) is 0 Å². The van der Waals surface area contributed by atoms with Crippen molar-refractivity contribution in [2.24, 2.45) is 7.05 Å². The van der Waals surface area contributed by atoms with E-state index in [1.807, 2.05) is 11.6 Å². The molecule has 14 heavy (non-hydrogen) atoms. The van der Waals surface area contributed by atoms with E-state index in [9.17, 15) is 0 Å². The molecule has 2 heterocycles. The van der Waals surface area contributed by atoms with Gasteiger partial charge in [0, 0.05) is 26.3 Å². The molecular weight excluding hydrogens is 180 g/mol. The third kappa shape index (κ3) is 2.30. The maximum absolute atomic E-state index is 5.29. The minimum absolute atomic E-state index is 0.570. The first-order valence-corrected chi connectivity index (χ1v) is 5.00. The van der Waals surface area contributed by atoms with Gasteiger partial charge in [-0.2, -0.15) is 0 Å². The summed E-state index contributed by atoms with van der Waals surface area (Å²) in [7, 11) is 1.96. The Morgan fingerprint density at radius 2 is 2.36 bits per heavy atom. The van der Waals surface area contributed by atoms with Crippen molar-refractivity contribution in [3.63, 3.8) is 0 Å². The molecule has 1 saturated heterocycles. The minimum atomic E-state index is 0.570. The Balaban J connectivity index is 1.79. The van der Waals surface area contributed by atoms with E-state index in [-0.39, 0.29) is 0 Å². The maximum atomic E-state index is 5.29. The molecule has 2 rings (SSSR count). The van der Waals surface area contributed by atoms with Crippen molar-refractivity contribution in [2.45, 2.75) is 25.4 Å². The van der Waals surface area contributed by atoms with E-state index in [2.05, 4.69) is 15.5 Å². The molecular formula is C9H16N4O. The molecule has 5 nitrogen and oxygen atoms in total. The van der Waals surface area contributed by atoms with Crippen LogP contribution in [0, 0.1) is 0 Å². The fourth-order valence-corrected chi connectivity index (χ4v) is 1.60. The highest BCUT2D eigenvalue weighted by Crippen LogP contribution is 2.06. The summed E-state index contributed by atoms with van der Waals surface area (Å²) in [5.41, 5.74) is 0. The highest BCUT2D eigenvalue weighted by molar-refractivity contribution is 4.84. The van der Waals surface area contributed by atoms with Crippen LogP contribution in [0.4, 0.5) is 0 Å². The topological polar surface area (TPSA) is 52.0 Å². The number of nitrogens with one attached hydrogen (secondary N) is 1. The van der Waals surface area contributed by atoms with Crippen molar-refractivity contribution < 1.29 is 4.74 Å². The average Bonchev–Trinajstić information content (AvgIpc) is 2.63. The molecule has 78 valence electrons. The summed E-state index contributed by atoms with van der Waals surface area (Å²) in [4.78, 5) is 0. The molecule has 0 bridgehead atoms. The molecule has 1 fully saturated rings. The van der Waals surface area contributed by atoms with Gasteiger partial charge in [0.15, 0.2) is 0 Å². The van der Waals surface area contributed by atoms with E-state index >= 15 is 0 Å². The van der Waals surface area contributed by atoms with Crippen molar-refractivity contribution in [3.8, 4) is 0 Å². The van der Waals surface area contributed by atoms with Crippen LogP contribution in [0.15, 0.2) is 6.33 Å². The minimum Gasteiger partial charge on any atom is -0.381 e. The molecule has 1 aliphatic rings. The van der Waals surface area contributed by atoms with Crippen LogP contribution in [0.5, 0.6) is 0 Å². The van der Waals surface area contributed by atoms with Gasteiger partial charge in [-0.05, 0) is 12.8 Å². The van der Waals surface area contributed by atoms with Crippen LogP contribution in [0.2, 0.25) is 0 Å². The first-order valence-electron chi connectivity index (χ1n) is 5.00. The van der Waals surface area contributed by atoms with Crippen molar-refractivity contribution >= 4 is 0 Å². The van der Waals surface area contributed by atoms with Gasteiger partial charge in [-0.3, -0.25) is 0 Å².